The molecule has 0 N–H and O–H groups in total. The van der Waals surface area contributed by atoms with E-state index < -0.39 is 5.97 Å². The lowest BCUT2D eigenvalue weighted by molar-refractivity contribution is 0.0734. The largest absolute Gasteiger partial charge is 0.422 e. The van der Waals surface area contributed by atoms with Gasteiger partial charge in [0.1, 0.15) is 5.75 Å². The molecule has 0 radical (unpaired) electrons. The van der Waals surface area contributed by atoms with Crippen LogP contribution in [0.3, 0.4) is 0 Å². The minimum atomic E-state index is -0.646. The Bertz CT molecular complexity index is 1740. The molecule has 0 spiro atoms. The van der Waals surface area contributed by atoms with E-state index in [2.05, 4.69) is 5.10 Å². The predicted molar refractivity (Wildman–Crippen MR) is 147 cm³/mol. The van der Waals surface area contributed by atoms with Gasteiger partial charge in [-0.2, -0.15) is 9.78 Å². The molecule has 1 heterocycles. The maximum absolute atomic E-state index is 13.4. The van der Waals surface area contributed by atoms with Gasteiger partial charge in [0.2, 0.25) is 0 Å². The molecule has 0 fully saturated rings. The van der Waals surface area contributed by atoms with E-state index in [-0.39, 0.29) is 21.9 Å². The van der Waals surface area contributed by atoms with Crippen molar-refractivity contribution in [2.75, 3.05) is 0 Å². The Labute approximate surface area is 222 Å². The Morgan fingerprint density at radius 3 is 2.54 bits per heavy atom. The highest BCUT2D eigenvalue weighted by molar-refractivity contribution is 6.36. The fourth-order valence-corrected chi connectivity index (χ4v) is 4.30. The van der Waals surface area contributed by atoms with Gasteiger partial charge in [0, 0.05) is 16.1 Å². The number of hydrogen-bond acceptors (Lipinski definition) is 5. The normalized spacial score (nSPS) is 11.2. The lowest BCUT2D eigenvalue weighted by Crippen LogP contribution is -2.20. The summed E-state index contributed by atoms with van der Waals surface area (Å²) >= 11 is 12.1. The van der Waals surface area contributed by atoms with Gasteiger partial charge in [0.15, 0.2) is 5.82 Å². The molecule has 0 aliphatic heterocycles. The smallest absolute Gasteiger partial charge is 0.345 e. The second-order valence-electron chi connectivity index (χ2n) is 8.24. The summed E-state index contributed by atoms with van der Waals surface area (Å²) in [6.07, 6.45) is 1.46. The van der Waals surface area contributed by atoms with Crippen molar-refractivity contribution in [2.45, 2.75) is 6.92 Å². The van der Waals surface area contributed by atoms with Crippen molar-refractivity contribution in [3.05, 3.63) is 128 Å². The molecule has 1 aromatic heterocycles. The number of hydrogen-bond donors (Lipinski definition) is 0. The van der Waals surface area contributed by atoms with Crippen LogP contribution in [0.25, 0.3) is 22.3 Å². The van der Waals surface area contributed by atoms with Gasteiger partial charge in [-0.15, -0.1) is 0 Å². The third kappa shape index (κ3) is 5.16. The monoisotopic (exact) mass is 527 g/mol. The van der Waals surface area contributed by atoms with Gasteiger partial charge < -0.3 is 4.74 Å². The molecule has 0 saturated heterocycles. The number of aromatic nitrogens is 2. The van der Waals surface area contributed by atoms with Crippen molar-refractivity contribution in [2.24, 2.45) is 5.10 Å². The van der Waals surface area contributed by atoms with Gasteiger partial charge in [0.25, 0.3) is 5.56 Å². The van der Waals surface area contributed by atoms with Crippen LogP contribution in [-0.4, -0.2) is 21.8 Å². The molecule has 182 valence electrons. The van der Waals surface area contributed by atoms with Crippen LogP contribution >= 0.6 is 23.2 Å². The molecule has 8 heteroatoms. The molecule has 0 amide bonds. The number of ether oxygens (including phenoxy) is 1. The van der Waals surface area contributed by atoms with Crippen molar-refractivity contribution in [1.29, 1.82) is 0 Å². The molecule has 0 aliphatic rings. The Morgan fingerprint density at radius 2 is 1.73 bits per heavy atom. The summed E-state index contributed by atoms with van der Waals surface area (Å²) < 4.78 is 6.87. The molecule has 5 rings (SSSR count). The number of esters is 1. The van der Waals surface area contributed by atoms with Crippen LogP contribution in [0.2, 0.25) is 10.0 Å². The zero-order valence-electron chi connectivity index (χ0n) is 19.6. The topological polar surface area (TPSA) is 73.6 Å². The number of para-hydroxylation sites is 2. The summed E-state index contributed by atoms with van der Waals surface area (Å²) in [6.45, 7) is 1.97. The number of nitrogens with zero attached hydrogens (tertiary/aromatic N) is 3. The highest BCUT2D eigenvalue weighted by Crippen LogP contribution is 2.25. The second-order valence-corrected chi connectivity index (χ2v) is 9.08. The van der Waals surface area contributed by atoms with E-state index in [1.807, 2.05) is 37.3 Å². The number of carbonyl (C=O) groups excluding carboxylic acids is 1. The van der Waals surface area contributed by atoms with Crippen molar-refractivity contribution in [3.8, 4) is 17.1 Å². The molecule has 0 aliphatic carbocycles. The maximum Gasteiger partial charge on any atom is 0.345 e. The third-order valence-electron chi connectivity index (χ3n) is 5.62. The van der Waals surface area contributed by atoms with Crippen LogP contribution in [0.15, 0.2) is 101 Å². The van der Waals surface area contributed by atoms with Crippen molar-refractivity contribution in [1.82, 2.24) is 9.66 Å². The van der Waals surface area contributed by atoms with Gasteiger partial charge >= 0.3 is 5.97 Å². The van der Waals surface area contributed by atoms with Gasteiger partial charge in [-0.25, -0.2) is 9.78 Å². The maximum atomic E-state index is 13.4. The van der Waals surface area contributed by atoms with E-state index in [0.29, 0.717) is 27.3 Å². The average Bonchev–Trinajstić information content (AvgIpc) is 2.89. The highest BCUT2D eigenvalue weighted by atomic mass is 35.5. The zero-order valence-corrected chi connectivity index (χ0v) is 21.1. The highest BCUT2D eigenvalue weighted by Gasteiger charge is 2.16. The predicted octanol–water partition coefficient (Wildman–Crippen LogP) is 6.78. The lowest BCUT2D eigenvalue weighted by atomic mass is 10.1. The van der Waals surface area contributed by atoms with E-state index in [1.165, 1.54) is 23.0 Å². The van der Waals surface area contributed by atoms with Crippen LogP contribution < -0.4 is 10.3 Å². The number of rotatable bonds is 5. The van der Waals surface area contributed by atoms with E-state index in [1.54, 1.807) is 48.5 Å². The minimum absolute atomic E-state index is 0.175. The number of carbonyl (C=O) groups is 1. The quantitative estimate of drug-likeness (QED) is 0.143. The molecular formula is C29H19Cl2N3O3. The van der Waals surface area contributed by atoms with Gasteiger partial charge in [-0.05, 0) is 55.5 Å². The first-order valence-electron chi connectivity index (χ1n) is 11.3. The first-order valence-corrected chi connectivity index (χ1v) is 12.1. The number of fused-ring (bicyclic) bond motifs is 1. The molecule has 37 heavy (non-hydrogen) atoms. The van der Waals surface area contributed by atoms with Crippen molar-refractivity contribution < 1.29 is 9.53 Å². The van der Waals surface area contributed by atoms with E-state index in [9.17, 15) is 9.59 Å². The fraction of sp³-hybridized carbons (Fsp3) is 0.0345. The van der Waals surface area contributed by atoms with Crippen LogP contribution in [0.1, 0.15) is 21.5 Å². The van der Waals surface area contributed by atoms with E-state index in [0.717, 1.165) is 11.1 Å². The summed E-state index contributed by atoms with van der Waals surface area (Å²) in [5, 5.41) is 5.51. The van der Waals surface area contributed by atoms with E-state index in [4.69, 9.17) is 32.9 Å². The summed E-state index contributed by atoms with van der Waals surface area (Å²) in [6, 6.07) is 26.2. The van der Waals surface area contributed by atoms with Crippen molar-refractivity contribution in [3.63, 3.8) is 0 Å². The molecule has 0 unspecified atom stereocenters. The molecule has 5 aromatic rings. The van der Waals surface area contributed by atoms with Crippen LogP contribution in [0.5, 0.6) is 5.75 Å². The fourth-order valence-electron chi connectivity index (χ4n) is 3.81. The summed E-state index contributed by atoms with van der Waals surface area (Å²) in [5.74, 6) is -0.000235. The molecule has 4 aromatic carbocycles. The molecular weight excluding hydrogens is 509 g/mol. The van der Waals surface area contributed by atoms with Crippen LogP contribution in [0, 0.1) is 6.92 Å². The third-order valence-corrected chi connectivity index (χ3v) is 6.16. The van der Waals surface area contributed by atoms with Gasteiger partial charge in [-0.3, -0.25) is 4.79 Å². The Hall–Kier alpha value is -4.26. The molecule has 0 saturated carbocycles. The molecule has 6 nitrogen and oxygen atoms in total. The number of halogens is 2. The van der Waals surface area contributed by atoms with Crippen molar-refractivity contribution >= 4 is 46.3 Å². The Kier molecular flexibility index (Phi) is 6.86. The standard InChI is InChI=1S/C29H19Cl2N3O3/c1-18-7-6-9-19(15-18)27-33-25-11-4-3-10-23(25)28(35)34(27)32-17-20-8-2-5-12-26(20)37-29(36)22-14-13-21(30)16-24(22)31/h2-17H,1H3. The number of aryl methyl sites for hydroxylation is 1. The summed E-state index contributed by atoms with van der Waals surface area (Å²) in [7, 11) is 0. The number of benzene rings is 4. The Balaban J connectivity index is 1.57. The minimum Gasteiger partial charge on any atom is -0.422 e. The Morgan fingerprint density at radius 1 is 0.946 bits per heavy atom. The average molecular weight is 528 g/mol. The van der Waals surface area contributed by atoms with Gasteiger partial charge in [0.05, 0.1) is 27.7 Å². The lowest BCUT2D eigenvalue weighted by Gasteiger charge is -2.11. The first-order chi connectivity index (χ1) is 17.9. The summed E-state index contributed by atoms with van der Waals surface area (Å²) in [4.78, 5) is 30.9. The molecule has 0 atom stereocenters. The van der Waals surface area contributed by atoms with Crippen LogP contribution in [0.4, 0.5) is 0 Å². The first kappa shape index (κ1) is 24.4. The van der Waals surface area contributed by atoms with E-state index >= 15 is 0 Å². The second kappa shape index (κ2) is 10.4. The van der Waals surface area contributed by atoms with Gasteiger partial charge in [-0.1, -0.05) is 71.2 Å². The SMILES string of the molecule is Cc1cccc(-c2nc3ccccc3c(=O)n2N=Cc2ccccc2OC(=O)c2ccc(Cl)cc2Cl)c1. The van der Waals surface area contributed by atoms with Crippen LogP contribution in [-0.2, 0) is 0 Å². The summed E-state index contributed by atoms with van der Waals surface area (Å²) in [5.41, 5.74) is 2.68. The zero-order chi connectivity index (χ0) is 25.9. The molecule has 0 bridgehead atoms.